The number of hydrogen-bond donors (Lipinski definition) is 3. The zero-order chi connectivity index (χ0) is 19.5. The SMILES string of the molecule is CC[C@H](CCCCCCC=CC=CC=CC(=CC=CC(=O)O)OO)OO. The second kappa shape index (κ2) is 17.7. The molecule has 0 radical (unpaired) electrons. The summed E-state index contributed by atoms with van der Waals surface area (Å²) in [7, 11) is 0. The second-order valence-corrected chi connectivity index (χ2v) is 5.66. The summed E-state index contributed by atoms with van der Waals surface area (Å²) in [4.78, 5) is 18.8. The Morgan fingerprint density at radius 3 is 2.35 bits per heavy atom. The molecule has 0 aliphatic rings. The first-order valence-electron chi connectivity index (χ1n) is 8.86. The maximum absolute atomic E-state index is 10.3. The molecule has 0 aliphatic carbocycles. The quantitative estimate of drug-likeness (QED) is 0.0911. The van der Waals surface area contributed by atoms with E-state index in [0.29, 0.717) is 0 Å². The van der Waals surface area contributed by atoms with Crippen LogP contribution in [0.4, 0.5) is 0 Å². The highest BCUT2D eigenvalue weighted by Crippen LogP contribution is 2.11. The Kier molecular flexibility index (Phi) is 16.2. The molecule has 0 saturated heterocycles. The summed E-state index contributed by atoms with van der Waals surface area (Å²) in [5.74, 6) is -0.940. The lowest BCUT2D eigenvalue weighted by Gasteiger charge is -2.09. The number of carboxylic acid groups (broad SMARTS) is 1. The molecule has 0 aliphatic heterocycles. The molecule has 0 saturated carbocycles. The van der Waals surface area contributed by atoms with Gasteiger partial charge in [-0.05, 0) is 37.8 Å². The van der Waals surface area contributed by atoms with Crippen LogP contribution in [-0.4, -0.2) is 27.7 Å². The second-order valence-electron chi connectivity index (χ2n) is 5.66. The highest BCUT2D eigenvalue weighted by molar-refractivity contribution is 5.80. The van der Waals surface area contributed by atoms with Crippen LogP contribution in [0.2, 0.25) is 0 Å². The van der Waals surface area contributed by atoms with Crippen LogP contribution in [0.15, 0.2) is 60.4 Å². The zero-order valence-electron chi connectivity index (χ0n) is 15.3. The molecule has 0 fully saturated rings. The van der Waals surface area contributed by atoms with E-state index in [1.165, 1.54) is 18.2 Å². The van der Waals surface area contributed by atoms with Gasteiger partial charge in [0.2, 0.25) is 0 Å². The lowest BCUT2D eigenvalue weighted by atomic mass is 10.1. The van der Waals surface area contributed by atoms with Crippen molar-refractivity contribution in [2.75, 3.05) is 0 Å². The van der Waals surface area contributed by atoms with Gasteiger partial charge in [0.25, 0.3) is 0 Å². The van der Waals surface area contributed by atoms with Crippen molar-refractivity contribution in [2.24, 2.45) is 0 Å². The number of hydrogen-bond acceptors (Lipinski definition) is 5. The van der Waals surface area contributed by atoms with Crippen molar-refractivity contribution < 1.29 is 30.2 Å². The van der Waals surface area contributed by atoms with Crippen molar-refractivity contribution >= 4 is 5.97 Å². The molecule has 0 aromatic heterocycles. The molecule has 0 aromatic carbocycles. The fourth-order valence-electron chi connectivity index (χ4n) is 2.11. The van der Waals surface area contributed by atoms with Crippen molar-refractivity contribution in [1.82, 2.24) is 0 Å². The number of unbranched alkanes of at least 4 members (excludes halogenated alkanes) is 4. The summed E-state index contributed by atoms with van der Waals surface area (Å²) >= 11 is 0. The van der Waals surface area contributed by atoms with Gasteiger partial charge in [0, 0.05) is 6.08 Å². The summed E-state index contributed by atoms with van der Waals surface area (Å²) in [5, 5.41) is 25.7. The number of carbonyl (C=O) groups is 1. The van der Waals surface area contributed by atoms with E-state index in [1.54, 1.807) is 12.2 Å². The Morgan fingerprint density at radius 2 is 1.69 bits per heavy atom. The molecule has 6 heteroatoms. The molecule has 3 N–H and O–H groups in total. The minimum atomic E-state index is -1.07. The van der Waals surface area contributed by atoms with Crippen LogP contribution in [0, 0.1) is 0 Å². The first-order valence-corrected chi connectivity index (χ1v) is 8.86. The van der Waals surface area contributed by atoms with Crippen molar-refractivity contribution in [3.63, 3.8) is 0 Å². The Hall–Kier alpha value is -2.15. The van der Waals surface area contributed by atoms with Gasteiger partial charge >= 0.3 is 5.97 Å². The molecule has 0 spiro atoms. The van der Waals surface area contributed by atoms with Gasteiger partial charge in [0.15, 0.2) is 5.76 Å². The Morgan fingerprint density at radius 1 is 0.962 bits per heavy atom. The summed E-state index contributed by atoms with van der Waals surface area (Å²) < 4.78 is 0. The smallest absolute Gasteiger partial charge is 0.328 e. The van der Waals surface area contributed by atoms with Gasteiger partial charge in [-0.25, -0.2) is 14.9 Å². The van der Waals surface area contributed by atoms with Gasteiger partial charge < -0.3 is 9.99 Å². The van der Waals surface area contributed by atoms with Crippen LogP contribution >= 0.6 is 0 Å². The Balaban J connectivity index is 3.85. The maximum atomic E-state index is 10.3. The van der Waals surface area contributed by atoms with Crippen LogP contribution in [-0.2, 0) is 14.6 Å². The fraction of sp³-hybridized carbons (Fsp3) is 0.450. The molecule has 6 nitrogen and oxygen atoms in total. The van der Waals surface area contributed by atoms with Gasteiger partial charge in [-0.2, -0.15) is 0 Å². The molecule has 1 atom stereocenters. The average molecular weight is 366 g/mol. The van der Waals surface area contributed by atoms with Crippen LogP contribution in [0.3, 0.4) is 0 Å². The Labute approximate surface area is 155 Å². The molecule has 0 rings (SSSR count). The lowest BCUT2D eigenvalue weighted by molar-refractivity contribution is -0.280. The number of allylic oxidation sites excluding steroid dienone is 8. The van der Waals surface area contributed by atoms with Crippen molar-refractivity contribution in [3.8, 4) is 0 Å². The van der Waals surface area contributed by atoms with Gasteiger partial charge in [0.05, 0.1) is 6.10 Å². The predicted molar refractivity (Wildman–Crippen MR) is 101 cm³/mol. The molecule has 0 unspecified atom stereocenters. The standard InChI is InChI=1S/C20H30O6/c1-2-18(25-23)14-11-9-7-5-3-4-6-8-10-12-15-19(26-24)16-13-17-20(21)22/h4,6,8,10,12-13,15-18,23-24H,2-3,5,7,9,11,14H2,1H3,(H,21,22)/t18-/m1/s1. The highest BCUT2D eigenvalue weighted by Gasteiger charge is 2.04. The van der Waals surface area contributed by atoms with Crippen LogP contribution in [0.1, 0.15) is 51.9 Å². The van der Waals surface area contributed by atoms with Gasteiger partial charge in [0.1, 0.15) is 0 Å². The molecule has 26 heavy (non-hydrogen) atoms. The zero-order valence-corrected chi connectivity index (χ0v) is 15.3. The van der Waals surface area contributed by atoms with E-state index in [1.807, 2.05) is 19.1 Å². The number of carboxylic acids is 1. The molecule has 0 aromatic rings. The highest BCUT2D eigenvalue weighted by atomic mass is 17.1. The summed E-state index contributed by atoms with van der Waals surface area (Å²) in [6, 6.07) is 0. The third-order valence-corrected chi connectivity index (χ3v) is 3.59. The molecular weight excluding hydrogens is 336 g/mol. The van der Waals surface area contributed by atoms with Crippen LogP contribution in [0.25, 0.3) is 0 Å². The molecule has 0 amide bonds. The fourth-order valence-corrected chi connectivity index (χ4v) is 2.11. The van der Waals surface area contributed by atoms with E-state index < -0.39 is 5.97 Å². The minimum Gasteiger partial charge on any atom is -0.478 e. The molecular formula is C20H30O6. The van der Waals surface area contributed by atoms with E-state index in [0.717, 1.165) is 51.0 Å². The number of aliphatic carboxylic acids is 1. The van der Waals surface area contributed by atoms with E-state index in [4.69, 9.17) is 15.6 Å². The average Bonchev–Trinajstić information content (AvgIpc) is 2.64. The largest absolute Gasteiger partial charge is 0.478 e. The van der Waals surface area contributed by atoms with E-state index in [9.17, 15) is 4.79 Å². The van der Waals surface area contributed by atoms with Crippen LogP contribution in [0.5, 0.6) is 0 Å². The summed E-state index contributed by atoms with van der Waals surface area (Å²) in [6.45, 7) is 2.00. The summed E-state index contributed by atoms with van der Waals surface area (Å²) in [6.07, 6.45) is 21.6. The van der Waals surface area contributed by atoms with E-state index in [2.05, 4.69) is 15.9 Å². The van der Waals surface area contributed by atoms with E-state index >= 15 is 0 Å². The third kappa shape index (κ3) is 15.4. The first kappa shape index (κ1) is 23.9. The van der Waals surface area contributed by atoms with Gasteiger partial charge in [-0.15, -0.1) is 0 Å². The van der Waals surface area contributed by atoms with Gasteiger partial charge in [-0.3, -0.25) is 5.26 Å². The molecule has 146 valence electrons. The van der Waals surface area contributed by atoms with Crippen molar-refractivity contribution in [1.29, 1.82) is 0 Å². The lowest BCUT2D eigenvalue weighted by Crippen LogP contribution is -2.08. The minimum absolute atomic E-state index is 0.0344. The van der Waals surface area contributed by atoms with Crippen LogP contribution < -0.4 is 0 Å². The topological polar surface area (TPSA) is 96.2 Å². The van der Waals surface area contributed by atoms with Crippen molar-refractivity contribution in [3.05, 3.63) is 60.4 Å². The van der Waals surface area contributed by atoms with Gasteiger partial charge in [-0.1, -0.05) is 62.6 Å². The number of rotatable bonds is 15. The predicted octanol–water partition coefficient (Wildman–Crippen LogP) is 5.28. The monoisotopic (exact) mass is 366 g/mol. The third-order valence-electron chi connectivity index (χ3n) is 3.59. The molecule has 0 bridgehead atoms. The molecule has 0 heterocycles. The van der Waals surface area contributed by atoms with Crippen molar-refractivity contribution in [2.45, 2.75) is 58.0 Å². The van der Waals surface area contributed by atoms with E-state index in [-0.39, 0.29) is 11.9 Å². The first-order chi connectivity index (χ1) is 12.6. The maximum Gasteiger partial charge on any atom is 0.328 e. The summed E-state index contributed by atoms with van der Waals surface area (Å²) in [5.41, 5.74) is 0. The normalized spacial score (nSPS) is 14.2. The Bertz CT molecular complexity index is 498.